The van der Waals surface area contributed by atoms with E-state index in [1.54, 1.807) is 0 Å². The van der Waals surface area contributed by atoms with E-state index in [4.69, 9.17) is 9.16 Å². The zero-order chi connectivity index (χ0) is 18.3. The second kappa shape index (κ2) is 9.58. The first-order chi connectivity index (χ1) is 10.4. The van der Waals surface area contributed by atoms with Crippen LogP contribution >= 0.6 is 0 Å². The maximum Gasteiger partial charge on any atom is 0.192 e. The smallest absolute Gasteiger partial charge is 0.192 e. The summed E-state index contributed by atoms with van der Waals surface area (Å²) < 4.78 is 12.7. The third-order valence-electron chi connectivity index (χ3n) is 4.98. The van der Waals surface area contributed by atoms with Crippen LogP contribution in [0.2, 0.25) is 18.1 Å². The lowest BCUT2D eigenvalue weighted by Crippen LogP contribution is -2.46. The molecule has 0 spiro atoms. The van der Waals surface area contributed by atoms with Gasteiger partial charge in [-0.05, 0) is 49.2 Å². The lowest BCUT2D eigenvalue weighted by Gasteiger charge is -2.42. The standard InChI is InChI=1S/C20H44O2Si/c1-11-12-21-15-20(13-17(2)3,14-18(4)5)16-22-23(9,10)19(6,7)8/h17-18H,11-16H2,1-10H3. The van der Waals surface area contributed by atoms with Crippen LogP contribution in [-0.2, 0) is 9.16 Å². The highest BCUT2D eigenvalue weighted by atomic mass is 28.4. The summed E-state index contributed by atoms with van der Waals surface area (Å²) in [5, 5.41) is 0.263. The van der Waals surface area contributed by atoms with E-state index in [9.17, 15) is 0 Å². The first-order valence-corrected chi connectivity index (χ1v) is 12.5. The SMILES string of the molecule is CCCOCC(CO[Si](C)(C)C(C)(C)C)(CC(C)C)CC(C)C. The molecule has 0 aliphatic carbocycles. The summed E-state index contributed by atoms with van der Waals surface area (Å²) in [4.78, 5) is 0. The zero-order valence-electron chi connectivity index (χ0n) is 17.7. The van der Waals surface area contributed by atoms with Crippen LogP contribution in [0.15, 0.2) is 0 Å². The fourth-order valence-electron chi connectivity index (χ4n) is 3.08. The minimum atomic E-state index is -1.72. The van der Waals surface area contributed by atoms with Gasteiger partial charge < -0.3 is 9.16 Å². The summed E-state index contributed by atoms with van der Waals surface area (Å²) in [6.45, 7) is 25.7. The molecule has 0 fully saturated rings. The van der Waals surface area contributed by atoms with Crippen LogP contribution in [0.1, 0.15) is 74.7 Å². The molecule has 0 N–H and O–H groups in total. The molecule has 0 saturated carbocycles. The van der Waals surface area contributed by atoms with Crippen molar-refractivity contribution in [1.29, 1.82) is 0 Å². The van der Waals surface area contributed by atoms with E-state index >= 15 is 0 Å². The quantitative estimate of drug-likeness (QED) is 0.314. The molecule has 0 aliphatic heterocycles. The van der Waals surface area contributed by atoms with Crippen LogP contribution in [0.5, 0.6) is 0 Å². The first kappa shape index (κ1) is 23.1. The Balaban J connectivity index is 5.19. The summed E-state index contributed by atoms with van der Waals surface area (Å²) in [6, 6.07) is 0. The molecule has 0 radical (unpaired) electrons. The molecule has 0 bridgehead atoms. The average molecular weight is 345 g/mol. The maximum atomic E-state index is 6.65. The van der Waals surface area contributed by atoms with Crippen molar-refractivity contribution in [2.75, 3.05) is 19.8 Å². The van der Waals surface area contributed by atoms with E-state index in [2.05, 4.69) is 68.5 Å². The topological polar surface area (TPSA) is 18.5 Å². The molecule has 0 aromatic heterocycles. The van der Waals surface area contributed by atoms with Gasteiger partial charge in [0.25, 0.3) is 0 Å². The summed E-state index contributed by atoms with van der Waals surface area (Å²) in [5.41, 5.74) is 0.160. The molecule has 0 unspecified atom stereocenters. The Morgan fingerprint density at radius 1 is 0.870 bits per heavy atom. The van der Waals surface area contributed by atoms with Crippen molar-refractivity contribution in [2.24, 2.45) is 17.3 Å². The lowest BCUT2D eigenvalue weighted by atomic mass is 9.75. The predicted molar refractivity (Wildman–Crippen MR) is 106 cm³/mol. The summed E-state index contributed by atoms with van der Waals surface area (Å²) in [7, 11) is -1.72. The van der Waals surface area contributed by atoms with E-state index in [1.807, 2.05) is 0 Å². The Bertz CT molecular complexity index is 306. The molecule has 0 amide bonds. The highest BCUT2D eigenvalue weighted by Crippen LogP contribution is 2.40. The third-order valence-corrected chi connectivity index (χ3v) is 9.46. The van der Waals surface area contributed by atoms with Gasteiger partial charge in [0.05, 0.1) is 6.61 Å². The monoisotopic (exact) mass is 344 g/mol. The fourth-order valence-corrected chi connectivity index (χ4v) is 4.18. The molecule has 23 heavy (non-hydrogen) atoms. The van der Waals surface area contributed by atoms with Gasteiger partial charge in [0.15, 0.2) is 8.32 Å². The first-order valence-electron chi connectivity index (χ1n) is 9.57. The van der Waals surface area contributed by atoms with E-state index in [0.29, 0.717) is 11.8 Å². The van der Waals surface area contributed by atoms with E-state index in [1.165, 1.54) is 12.8 Å². The Morgan fingerprint density at radius 2 is 1.35 bits per heavy atom. The van der Waals surface area contributed by atoms with Crippen LogP contribution in [0.25, 0.3) is 0 Å². The normalized spacial score (nSPS) is 14.1. The molecule has 0 rings (SSSR count). The van der Waals surface area contributed by atoms with E-state index < -0.39 is 8.32 Å². The Morgan fingerprint density at radius 3 is 1.70 bits per heavy atom. The summed E-state index contributed by atoms with van der Waals surface area (Å²) >= 11 is 0. The van der Waals surface area contributed by atoms with E-state index in [0.717, 1.165) is 26.2 Å². The minimum absolute atomic E-state index is 0.160. The van der Waals surface area contributed by atoms with Crippen molar-refractivity contribution in [3.05, 3.63) is 0 Å². The highest BCUT2D eigenvalue weighted by Gasteiger charge is 2.41. The number of ether oxygens (including phenoxy) is 1. The highest BCUT2D eigenvalue weighted by molar-refractivity contribution is 6.74. The van der Waals surface area contributed by atoms with Crippen LogP contribution in [0, 0.1) is 17.3 Å². The van der Waals surface area contributed by atoms with Gasteiger partial charge in [-0.2, -0.15) is 0 Å². The van der Waals surface area contributed by atoms with Crippen molar-refractivity contribution >= 4 is 8.32 Å². The van der Waals surface area contributed by atoms with Gasteiger partial charge in [0.1, 0.15) is 0 Å². The number of hydrogen-bond acceptors (Lipinski definition) is 2. The van der Waals surface area contributed by atoms with Gasteiger partial charge in [-0.25, -0.2) is 0 Å². The largest absolute Gasteiger partial charge is 0.416 e. The predicted octanol–water partition coefficient (Wildman–Crippen LogP) is 6.51. The second-order valence-corrected chi connectivity index (χ2v) is 14.6. The molecule has 0 atom stereocenters. The molecule has 0 aliphatic rings. The molecular weight excluding hydrogens is 300 g/mol. The van der Waals surface area contributed by atoms with Gasteiger partial charge in [-0.3, -0.25) is 0 Å². The van der Waals surface area contributed by atoms with Gasteiger partial charge >= 0.3 is 0 Å². The van der Waals surface area contributed by atoms with Gasteiger partial charge in [-0.1, -0.05) is 55.4 Å². The average Bonchev–Trinajstić information content (AvgIpc) is 2.34. The van der Waals surface area contributed by atoms with Crippen LogP contribution < -0.4 is 0 Å². The van der Waals surface area contributed by atoms with Gasteiger partial charge in [0, 0.05) is 18.6 Å². The second-order valence-electron chi connectivity index (χ2n) is 9.80. The third kappa shape index (κ3) is 8.69. The van der Waals surface area contributed by atoms with Crippen molar-refractivity contribution in [3.8, 4) is 0 Å². The maximum absolute atomic E-state index is 6.65. The molecule has 3 heteroatoms. The molecule has 0 aromatic rings. The van der Waals surface area contributed by atoms with Crippen molar-refractivity contribution in [2.45, 2.75) is 92.8 Å². The van der Waals surface area contributed by atoms with Crippen molar-refractivity contribution < 1.29 is 9.16 Å². The molecular formula is C20H44O2Si. The molecule has 0 saturated heterocycles. The fraction of sp³-hybridized carbons (Fsp3) is 1.00. The zero-order valence-corrected chi connectivity index (χ0v) is 18.7. The Kier molecular flexibility index (Phi) is 9.63. The van der Waals surface area contributed by atoms with Gasteiger partial charge in [0.2, 0.25) is 0 Å². The minimum Gasteiger partial charge on any atom is -0.416 e. The number of rotatable bonds is 11. The molecule has 0 heterocycles. The Labute approximate surface area is 147 Å². The van der Waals surface area contributed by atoms with Gasteiger partial charge in [-0.15, -0.1) is 0 Å². The van der Waals surface area contributed by atoms with E-state index in [-0.39, 0.29) is 10.5 Å². The van der Waals surface area contributed by atoms with Crippen LogP contribution in [-0.4, -0.2) is 28.1 Å². The summed E-state index contributed by atoms with van der Waals surface area (Å²) in [6.07, 6.45) is 3.45. The Hall–Kier alpha value is 0.137. The van der Waals surface area contributed by atoms with Crippen molar-refractivity contribution in [3.63, 3.8) is 0 Å². The van der Waals surface area contributed by atoms with Crippen LogP contribution in [0.4, 0.5) is 0 Å². The van der Waals surface area contributed by atoms with Crippen LogP contribution in [0.3, 0.4) is 0 Å². The summed E-state index contributed by atoms with van der Waals surface area (Å²) in [5.74, 6) is 1.34. The van der Waals surface area contributed by atoms with Crippen molar-refractivity contribution in [1.82, 2.24) is 0 Å². The molecule has 0 aromatic carbocycles. The lowest BCUT2D eigenvalue weighted by molar-refractivity contribution is -0.0151. The molecule has 140 valence electrons. The number of hydrogen-bond donors (Lipinski definition) is 0. The molecule has 2 nitrogen and oxygen atoms in total.